The second-order valence-electron chi connectivity index (χ2n) is 6.73. The Hall–Kier alpha value is -3.05. The van der Waals surface area contributed by atoms with Crippen LogP contribution in [0.2, 0.25) is 0 Å². The first-order valence-electron chi connectivity index (χ1n) is 8.89. The van der Waals surface area contributed by atoms with Crippen LogP contribution in [0.4, 0.5) is 0 Å². The maximum Gasteiger partial charge on any atom is 0.160 e. The van der Waals surface area contributed by atoms with E-state index in [1.54, 1.807) is 6.20 Å². The summed E-state index contributed by atoms with van der Waals surface area (Å²) in [4.78, 5) is 19.4. The summed E-state index contributed by atoms with van der Waals surface area (Å²) < 4.78 is 0. The van der Waals surface area contributed by atoms with Gasteiger partial charge in [-0.25, -0.2) is 9.97 Å². The molecular formula is C21H19N5. The molecule has 1 aliphatic heterocycles. The number of hydrogen-bond donors (Lipinski definition) is 1. The van der Waals surface area contributed by atoms with Crippen molar-refractivity contribution in [3.63, 3.8) is 0 Å². The fourth-order valence-corrected chi connectivity index (χ4v) is 3.65. The summed E-state index contributed by atoms with van der Waals surface area (Å²) in [5.41, 5.74) is 5.91. The topological polar surface area (TPSA) is 57.7 Å². The lowest BCUT2D eigenvalue weighted by Gasteiger charge is -2.28. The smallest absolute Gasteiger partial charge is 0.160 e. The molecule has 0 fully saturated rings. The SMILES string of the molecule is c1cncc(-c2ncc3c(n2)CN(Cc2cccc4cc[nH]c24)CC3)c1. The number of rotatable bonds is 3. The largest absolute Gasteiger partial charge is 0.361 e. The molecule has 3 aromatic heterocycles. The van der Waals surface area contributed by atoms with Crippen molar-refractivity contribution >= 4 is 10.9 Å². The number of nitrogens with one attached hydrogen (secondary N) is 1. The summed E-state index contributed by atoms with van der Waals surface area (Å²) in [6, 6.07) is 12.5. The number of para-hydroxylation sites is 1. The summed E-state index contributed by atoms with van der Waals surface area (Å²) in [5.74, 6) is 0.755. The highest BCUT2D eigenvalue weighted by Crippen LogP contribution is 2.24. The van der Waals surface area contributed by atoms with Gasteiger partial charge in [-0.3, -0.25) is 9.88 Å². The van der Waals surface area contributed by atoms with Crippen LogP contribution in [-0.4, -0.2) is 31.4 Å². The number of nitrogens with zero attached hydrogens (tertiary/aromatic N) is 4. The molecule has 0 amide bonds. The lowest BCUT2D eigenvalue weighted by molar-refractivity contribution is 0.242. The molecule has 0 bridgehead atoms. The van der Waals surface area contributed by atoms with Crippen molar-refractivity contribution in [2.75, 3.05) is 6.54 Å². The number of aromatic nitrogens is 4. The van der Waals surface area contributed by atoms with E-state index in [1.165, 1.54) is 22.0 Å². The molecule has 0 atom stereocenters. The van der Waals surface area contributed by atoms with Crippen LogP contribution in [0.3, 0.4) is 0 Å². The van der Waals surface area contributed by atoms with Gasteiger partial charge in [0.15, 0.2) is 5.82 Å². The van der Waals surface area contributed by atoms with Crippen LogP contribution < -0.4 is 0 Å². The van der Waals surface area contributed by atoms with E-state index in [2.05, 4.69) is 44.1 Å². The third-order valence-corrected chi connectivity index (χ3v) is 5.01. The van der Waals surface area contributed by atoms with E-state index in [1.807, 2.05) is 30.7 Å². The first-order chi connectivity index (χ1) is 12.9. The predicted octanol–water partition coefficient (Wildman–Crippen LogP) is 3.58. The minimum absolute atomic E-state index is 0.755. The molecule has 0 spiro atoms. The molecule has 0 unspecified atom stereocenters. The highest BCUT2D eigenvalue weighted by Gasteiger charge is 2.19. The predicted molar refractivity (Wildman–Crippen MR) is 101 cm³/mol. The van der Waals surface area contributed by atoms with Crippen LogP contribution >= 0.6 is 0 Å². The third-order valence-electron chi connectivity index (χ3n) is 5.01. The number of fused-ring (bicyclic) bond motifs is 2. The van der Waals surface area contributed by atoms with Crippen molar-refractivity contribution in [2.24, 2.45) is 0 Å². The van der Waals surface area contributed by atoms with E-state index in [0.29, 0.717) is 0 Å². The lowest BCUT2D eigenvalue weighted by Crippen LogP contribution is -2.31. The van der Waals surface area contributed by atoms with Crippen molar-refractivity contribution in [1.29, 1.82) is 0 Å². The Morgan fingerprint density at radius 3 is 3.00 bits per heavy atom. The molecule has 0 saturated carbocycles. The highest BCUT2D eigenvalue weighted by molar-refractivity contribution is 5.82. The maximum absolute atomic E-state index is 4.83. The van der Waals surface area contributed by atoms with Gasteiger partial charge in [0.25, 0.3) is 0 Å². The van der Waals surface area contributed by atoms with Gasteiger partial charge in [0, 0.05) is 55.5 Å². The molecular weight excluding hydrogens is 322 g/mol. The van der Waals surface area contributed by atoms with Gasteiger partial charge < -0.3 is 4.98 Å². The number of benzene rings is 1. The minimum atomic E-state index is 0.755. The Labute approximate surface area is 151 Å². The first-order valence-corrected chi connectivity index (χ1v) is 8.89. The summed E-state index contributed by atoms with van der Waals surface area (Å²) in [6.07, 6.45) is 8.56. The number of aromatic amines is 1. The van der Waals surface area contributed by atoms with Crippen molar-refractivity contribution in [3.8, 4) is 11.4 Å². The van der Waals surface area contributed by atoms with Crippen LogP contribution in [0.1, 0.15) is 16.8 Å². The zero-order valence-electron chi connectivity index (χ0n) is 14.4. The van der Waals surface area contributed by atoms with Gasteiger partial charge in [0.1, 0.15) is 0 Å². The molecule has 1 N–H and O–H groups in total. The van der Waals surface area contributed by atoms with E-state index in [4.69, 9.17) is 4.98 Å². The zero-order chi connectivity index (χ0) is 17.3. The van der Waals surface area contributed by atoms with Crippen LogP contribution in [0, 0.1) is 0 Å². The maximum atomic E-state index is 4.83. The molecule has 4 aromatic rings. The average molecular weight is 341 g/mol. The summed E-state index contributed by atoms with van der Waals surface area (Å²) in [5, 5.41) is 1.26. The van der Waals surface area contributed by atoms with Crippen molar-refractivity contribution < 1.29 is 0 Å². The van der Waals surface area contributed by atoms with Gasteiger partial charge in [-0.15, -0.1) is 0 Å². The first kappa shape index (κ1) is 15.2. The molecule has 0 aliphatic carbocycles. The number of hydrogen-bond acceptors (Lipinski definition) is 4. The van der Waals surface area contributed by atoms with E-state index in [-0.39, 0.29) is 0 Å². The van der Waals surface area contributed by atoms with Crippen molar-refractivity contribution in [3.05, 3.63) is 78.0 Å². The van der Waals surface area contributed by atoms with Crippen LogP contribution in [-0.2, 0) is 19.5 Å². The standard InChI is InChI=1S/C21H19N5/c1-3-15-6-9-23-20(15)18(4-1)13-26-10-7-16-12-24-21(25-19(16)14-26)17-5-2-8-22-11-17/h1-6,8-9,11-12,23H,7,10,13-14H2. The molecule has 5 nitrogen and oxygen atoms in total. The Bertz CT molecular complexity index is 1050. The van der Waals surface area contributed by atoms with E-state index in [9.17, 15) is 0 Å². The van der Waals surface area contributed by atoms with E-state index in [0.717, 1.165) is 43.1 Å². The molecule has 0 saturated heterocycles. The Kier molecular flexibility index (Phi) is 3.72. The summed E-state index contributed by atoms with van der Waals surface area (Å²) in [7, 11) is 0. The fraction of sp³-hybridized carbons (Fsp3) is 0.190. The third kappa shape index (κ3) is 2.76. The number of H-pyrrole nitrogens is 1. The van der Waals surface area contributed by atoms with E-state index >= 15 is 0 Å². The summed E-state index contributed by atoms with van der Waals surface area (Å²) in [6.45, 7) is 2.80. The molecule has 5 heteroatoms. The molecule has 26 heavy (non-hydrogen) atoms. The Morgan fingerprint density at radius 2 is 2.08 bits per heavy atom. The highest BCUT2D eigenvalue weighted by atomic mass is 15.1. The fourth-order valence-electron chi connectivity index (χ4n) is 3.65. The molecule has 128 valence electrons. The zero-order valence-corrected chi connectivity index (χ0v) is 14.4. The molecule has 1 aliphatic rings. The van der Waals surface area contributed by atoms with Gasteiger partial charge in [-0.1, -0.05) is 18.2 Å². The van der Waals surface area contributed by atoms with Gasteiger partial charge in [0.05, 0.1) is 5.69 Å². The minimum Gasteiger partial charge on any atom is -0.361 e. The van der Waals surface area contributed by atoms with Crippen LogP contribution in [0.25, 0.3) is 22.3 Å². The second-order valence-corrected chi connectivity index (χ2v) is 6.73. The molecule has 4 heterocycles. The lowest BCUT2D eigenvalue weighted by atomic mass is 10.0. The van der Waals surface area contributed by atoms with Crippen LogP contribution in [0.15, 0.2) is 61.2 Å². The quantitative estimate of drug-likeness (QED) is 0.619. The van der Waals surface area contributed by atoms with E-state index < -0.39 is 0 Å². The van der Waals surface area contributed by atoms with Crippen LogP contribution in [0.5, 0.6) is 0 Å². The van der Waals surface area contributed by atoms with Gasteiger partial charge in [-0.2, -0.15) is 0 Å². The van der Waals surface area contributed by atoms with Gasteiger partial charge in [0.2, 0.25) is 0 Å². The Balaban J connectivity index is 1.41. The van der Waals surface area contributed by atoms with Crippen molar-refractivity contribution in [1.82, 2.24) is 24.8 Å². The van der Waals surface area contributed by atoms with Gasteiger partial charge in [-0.05, 0) is 41.1 Å². The second kappa shape index (κ2) is 6.35. The summed E-state index contributed by atoms with van der Waals surface area (Å²) >= 11 is 0. The molecule has 1 aromatic carbocycles. The monoisotopic (exact) mass is 341 g/mol. The molecule has 0 radical (unpaired) electrons. The Morgan fingerprint density at radius 1 is 1.08 bits per heavy atom. The average Bonchev–Trinajstić information content (AvgIpc) is 3.18. The van der Waals surface area contributed by atoms with Gasteiger partial charge >= 0.3 is 0 Å². The normalized spacial score (nSPS) is 14.5. The van der Waals surface area contributed by atoms with Crippen molar-refractivity contribution in [2.45, 2.75) is 19.5 Å². The number of pyridine rings is 1. The molecule has 5 rings (SSSR count).